The van der Waals surface area contributed by atoms with Gasteiger partial charge in [0.05, 0.1) is 6.20 Å². The first-order valence-corrected chi connectivity index (χ1v) is 11.2. The molecule has 0 aliphatic heterocycles. The molecule has 1 unspecified atom stereocenters. The van der Waals surface area contributed by atoms with Gasteiger partial charge in [-0.3, -0.25) is 18.6 Å². The van der Waals surface area contributed by atoms with E-state index in [1.807, 2.05) is 13.8 Å². The summed E-state index contributed by atoms with van der Waals surface area (Å²) in [7, 11) is 1.64. The predicted octanol–water partition coefficient (Wildman–Crippen LogP) is 2.16. The number of unbranched alkanes of at least 4 members (excludes halogenated alkanes) is 2. The fourth-order valence-electron chi connectivity index (χ4n) is 3.09. The molecule has 0 fully saturated rings. The van der Waals surface area contributed by atoms with Gasteiger partial charge in [-0.1, -0.05) is 38.3 Å². The lowest BCUT2D eigenvalue weighted by Crippen LogP contribution is -2.40. The number of halogens is 1. The second kappa shape index (κ2) is 9.17. The lowest BCUT2D eigenvalue weighted by molar-refractivity contribution is 0.528. The van der Waals surface area contributed by atoms with Crippen LogP contribution in [0.3, 0.4) is 0 Å². The Balaban J connectivity index is 2.09. The van der Waals surface area contributed by atoms with Crippen molar-refractivity contribution in [1.29, 1.82) is 0 Å². The van der Waals surface area contributed by atoms with Gasteiger partial charge >= 0.3 is 17.0 Å². The van der Waals surface area contributed by atoms with E-state index >= 15 is 0 Å². The van der Waals surface area contributed by atoms with Gasteiger partial charge in [-0.05, 0) is 19.8 Å². The Morgan fingerprint density at radius 1 is 1.10 bits per heavy atom. The topological polar surface area (TPSA) is 106 Å². The van der Waals surface area contributed by atoms with Gasteiger partial charge in [0.15, 0.2) is 10.8 Å². The minimum absolute atomic E-state index is 0.167. The van der Waals surface area contributed by atoms with E-state index in [4.69, 9.17) is 15.8 Å². The van der Waals surface area contributed by atoms with Gasteiger partial charge in [0.1, 0.15) is 11.1 Å². The summed E-state index contributed by atoms with van der Waals surface area (Å²) < 4.78 is 23.3. The van der Waals surface area contributed by atoms with Crippen LogP contribution in [0.25, 0.3) is 11.0 Å². The van der Waals surface area contributed by atoms with E-state index in [1.165, 1.54) is 20.0 Å². The zero-order valence-electron chi connectivity index (χ0n) is 17.4. The minimum Gasteiger partial charge on any atom is -0.378 e. The molecule has 0 aromatic carbocycles. The maximum absolute atomic E-state index is 12.9. The van der Waals surface area contributed by atoms with Crippen LogP contribution in [0.5, 0.6) is 5.75 Å². The van der Waals surface area contributed by atoms with Crippen LogP contribution in [0.15, 0.2) is 15.8 Å². The van der Waals surface area contributed by atoms with Crippen molar-refractivity contribution >= 4 is 33.9 Å². The third-order valence-electron chi connectivity index (χ3n) is 4.74. The number of nitrogens with zero attached hydrogens (tertiary/aromatic N) is 6. The maximum atomic E-state index is 12.9. The number of rotatable bonds is 9. The van der Waals surface area contributed by atoms with Crippen LogP contribution in [0, 0.1) is 6.92 Å². The molecule has 1 atom stereocenters. The highest BCUT2D eigenvalue weighted by molar-refractivity contribution is 7.78. The largest absolute Gasteiger partial charge is 0.378 e. The summed E-state index contributed by atoms with van der Waals surface area (Å²) in [6.45, 7) is 6.41. The fourth-order valence-corrected chi connectivity index (χ4v) is 4.10. The lowest BCUT2D eigenvalue weighted by atomic mass is 10.3. The second-order valence-electron chi connectivity index (χ2n) is 7.00. The summed E-state index contributed by atoms with van der Waals surface area (Å²) in [6, 6.07) is 0. The Labute approximate surface area is 180 Å². The first-order valence-electron chi connectivity index (χ1n) is 9.82. The summed E-state index contributed by atoms with van der Waals surface area (Å²) >= 11 is 4.02. The van der Waals surface area contributed by atoms with Gasteiger partial charge in [-0.25, -0.2) is 4.79 Å². The second-order valence-corrected chi connectivity index (χ2v) is 8.33. The zero-order chi connectivity index (χ0) is 22.0. The van der Waals surface area contributed by atoms with Gasteiger partial charge < -0.3 is 4.18 Å². The van der Waals surface area contributed by atoms with Crippen molar-refractivity contribution < 1.29 is 8.39 Å². The summed E-state index contributed by atoms with van der Waals surface area (Å²) in [6.07, 6.45) is 4.52. The number of aryl methyl sites for hydroxylation is 3. The summed E-state index contributed by atoms with van der Waals surface area (Å²) in [4.78, 5) is 25.8. The molecule has 3 heterocycles. The van der Waals surface area contributed by atoms with Gasteiger partial charge in [-0.2, -0.15) is 13.4 Å². The van der Waals surface area contributed by atoms with Crippen LogP contribution >= 0.6 is 11.6 Å². The highest BCUT2D eigenvalue weighted by Crippen LogP contribution is 2.28. The molecule has 0 N–H and O–H groups in total. The molecule has 10 nitrogen and oxygen atoms in total. The van der Waals surface area contributed by atoms with E-state index in [0.29, 0.717) is 25.2 Å². The molecule has 3 rings (SSSR count). The maximum Gasteiger partial charge on any atom is 0.339 e. The Hall–Kier alpha value is -2.40. The first-order chi connectivity index (χ1) is 14.3. The van der Waals surface area contributed by atoms with Crippen LogP contribution in [0.1, 0.15) is 45.2 Å². The van der Waals surface area contributed by atoms with Crippen LogP contribution in [0.2, 0.25) is 5.15 Å². The average Bonchev–Trinajstić information content (AvgIpc) is 3.25. The number of hydrogen-bond donors (Lipinski definition) is 0. The first kappa shape index (κ1) is 22.3. The van der Waals surface area contributed by atoms with Gasteiger partial charge in [-0.15, -0.1) is 5.10 Å². The number of hydrogen-bond acceptors (Lipinski definition) is 6. The van der Waals surface area contributed by atoms with Gasteiger partial charge in [0.2, 0.25) is 5.75 Å². The van der Waals surface area contributed by atoms with E-state index < -0.39 is 22.5 Å². The Morgan fingerprint density at radius 2 is 1.73 bits per heavy atom. The lowest BCUT2D eigenvalue weighted by Gasteiger charge is -2.10. The molecule has 3 aromatic rings. The molecule has 0 saturated heterocycles. The van der Waals surface area contributed by atoms with Crippen LogP contribution in [-0.2, 0) is 31.4 Å². The third-order valence-corrected chi connectivity index (χ3v) is 5.96. The quantitative estimate of drug-likeness (QED) is 0.488. The van der Waals surface area contributed by atoms with E-state index in [0.717, 1.165) is 23.3 Å². The molecule has 12 heteroatoms. The molecule has 0 aliphatic rings. The van der Waals surface area contributed by atoms with Crippen molar-refractivity contribution in [3.63, 3.8) is 0 Å². The molecule has 0 radical (unpaired) electrons. The Bertz CT molecular complexity index is 1210. The molecule has 3 aromatic heterocycles. The smallest absolute Gasteiger partial charge is 0.339 e. The molecule has 0 saturated carbocycles. The van der Waals surface area contributed by atoms with E-state index in [1.54, 1.807) is 14.0 Å². The zero-order valence-corrected chi connectivity index (χ0v) is 19.0. The highest BCUT2D eigenvalue weighted by atomic mass is 35.5. The molecular weight excluding hydrogens is 432 g/mol. The minimum atomic E-state index is -2.11. The van der Waals surface area contributed by atoms with Crippen LogP contribution < -0.4 is 15.4 Å². The van der Waals surface area contributed by atoms with Crippen LogP contribution in [0.4, 0.5) is 0 Å². The molecule has 0 amide bonds. The normalized spacial score (nSPS) is 12.6. The SMILES string of the molecule is CCCCn1c(=O)c2cn(S(=O)Oc3c(C)nn(C)c3Cl)nc2n(CCCC)c1=O. The predicted molar refractivity (Wildman–Crippen MR) is 115 cm³/mol. The fraction of sp³-hybridized carbons (Fsp3) is 0.556. The van der Waals surface area contributed by atoms with Crippen molar-refractivity contribution in [2.45, 2.75) is 59.5 Å². The monoisotopic (exact) mass is 456 g/mol. The summed E-state index contributed by atoms with van der Waals surface area (Å²) in [5.41, 5.74) is -0.195. The molecule has 164 valence electrons. The van der Waals surface area contributed by atoms with Crippen molar-refractivity contribution in [3.8, 4) is 5.75 Å². The van der Waals surface area contributed by atoms with Crippen molar-refractivity contribution in [2.24, 2.45) is 7.05 Å². The Morgan fingerprint density at radius 3 is 2.30 bits per heavy atom. The van der Waals surface area contributed by atoms with Gasteiger partial charge in [0.25, 0.3) is 5.56 Å². The molecule has 30 heavy (non-hydrogen) atoms. The molecule has 0 spiro atoms. The molecule has 0 aliphatic carbocycles. The number of aromatic nitrogens is 6. The average molecular weight is 457 g/mol. The molecular formula is C18H25ClN6O4S. The number of fused-ring (bicyclic) bond motifs is 1. The van der Waals surface area contributed by atoms with Crippen molar-refractivity contribution in [1.82, 2.24) is 28.1 Å². The van der Waals surface area contributed by atoms with E-state index in [-0.39, 0.29) is 21.9 Å². The van der Waals surface area contributed by atoms with Gasteiger partial charge in [0, 0.05) is 20.1 Å². The third kappa shape index (κ3) is 4.08. The Kier molecular flexibility index (Phi) is 6.81. The van der Waals surface area contributed by atoms with Crippen molar-refractivity contribution in [3.05, 3.63) is 37.9 Å². The highest BCUT2D eigenvalue weighted by Gasteiger charge is 2.21. The standard InChI is InChI=1S/C18H25ClN6O4S/c1-5-7-9-23-16-13(17(26)24(18(23)27)10-8-6-2)11-25(21-16)30(28)29-14-12(3)20-22(4)15(14)19/h11H,5-10H2,1-4H3. The van der Waals surface area contributed by atoms with E-state index in [9.17, 15) is 13.8 Å². The van der Waals surface area contributed by atoms with Crippen LogP contribution in [-0.4, -0.2) is 32.3 Å². The van der Waals surface area contributed by atoms with Crippen molar-refractivity contribution in [2.75, 3.05) is 0 Å². The van der Waals surface area contributed by atoms with E-state index in [2.05, 4.69) is 10.2 Å². The summed E-state index contributed by atoms with van der Waals surface area (Å²) in [5, 5.41) is 8.76. The summed E-state index contributed by atoms with van der Waals surface area (Å²) in [5.74, 6) is 0.167. The molecule has 0 bridgehead atoms.